The molecule has 2 N–H and O–H groups in total. The third-order valence-electron chi connectivity index (χ3n) is 5.34. The Morgan fingerprint density at radius 3 is 2.63 bits per heavy atom. The Bertz CT molecular complexity index is 1220. The van der Waals surface area contributed by atoms with Crippen LogP contribution in [0, 0.1) is 0 Å². The number of rotatable bonds is 3. The fraction of sp³-hybridized carbons (Fsp3) is 0.238. The maximum Gasteiger partial charge on any atom is 0.310 e. The van der Waals surface area contributed by atoms with Crippen molar-refractivity contribution in [3.63, 3.8) is 0 Å². The molecule has 152 valence electrons. The molecule has 0 atom stereocenters. The minimum absolute atomic E-state index is 0.0648. The van der Waals surface area contributed by atoms with Gasteiger partial charge < -0.3 is 15.3 Å². The van der Waals surface area contributed by atoms with Gasteiger partial charge in [0.2, 0.25) is 5.88 Å². The van der Waals surface area contributed by atoms with Crippen LogP contribution in [0.1, 0.15) is 10.4 Å². The first-order valence-electron chi connectivity index (χ1n) is 9.69. The summed E-state index contributed by atoms with van der Waals surface area (Å²) in [5.41, 5.74) is 4.26. The number of piperazine rings is 1. The molecule has 0 saturated carbocycles. The van der Waals surface area contributed by atoms with Gasteiger partial charge in [-0.05, 0) is 35.9 Å². The molecule has 1 fully saturated rings. The molecule has 0 amide bonds. The highest BCUT2D eigenvalue weighted by molar-refractivity contribution is 7.10. The van der Waals surface area contributed by atoms with Crippen LogP contribution in [-0.2, 0) is 7.05 Å². The second kappa shape index (κ2) is 7.51. The lowest BCUT2D eigenvalue weighted by molar-refractivity contribution is 0.428. The molecule has 5 rings (SSSR count). The van der Waals surface area contributed by atoms with Crippen LogP contribution in [0.2, 0.25) is 0 Å². The molecule has 4 heterocycles. The Labute approximate surface area is 176 Å². The van der Waals surface area contributed by atoms with E-state index in [1.54, 1.807) is 6.08 Å². The molecule has 30 heavy (non-hydrogen) atoms. The summed E-state index contributed by atoms with van der Waals surface area (Å²) >= 11 is 0.978. The van der Waals surface area contributed by atoms with Crippen LogP contribution in [0.25, 0.3) is 22.9 Å². The van der Waals surface area contributed by atoms with Crippen molar-refractivity contribution in [1.29, 1.82) is 0 Å². The number of hydrogen-bond donors (Lipinski definition) is 2. The number of pyridine rings is 1. The SMILES string of the molecule is Cn1c(O)c(/C=C2\N=Nc3ccc(-c4ccc(N5CCNCC5)nc4)cc32)sc1=O. The Hall–Kier alpha value is -3.30. The van der Waals surface area contributed by atoms with Crippen LogP contribution in [0.5, 0.6) is 5.88 Å². The van der Waals surface area contributed by atoms with Crippen molar-refractivity contribution >= 4 is 34.6 Å². The van der Waals surface area contributed by atoms with E-state index in [0.717, 1.165) is 65.7 Å². The molecule has 0 spiro atoms. The number of nitrogens with one attached hydrogen (secondary N) is 1. The number of hydrogen-bond acceptors (Lipinski definition) is 8. The van der Waals surface area contributed by atoms with Gasteiger partial charge in [-0.2, -0.15) is 0 Å². The van der Waals surface area contributed by atoms with E-state index in [2.05, 4.69) is 37.6 Å². The van der Waals surface area contributed by atoms with Gasteiger partial charge in [0.25, 0.3) is 0 Å². The van der Waals surface area contributed by atoms with Crippen molar-refractivity contribution in [2.45, 2.75) is 0 Å². The van der Waals surface area contributed by atoms with Gasteiger partial charge in [-0.3, -0.25) is 9.36 Å². The number of aromatic hydroxyl groups is 1. The number of azo groups is 1. The van der Waals surface area contributed by atoms with Crippen LogP contribution >= 0.6 is 11.3 Å². The topological polar surface area (TPSA) is 95.1 Å². The van der Waals surface area contributed by atoms with E-state index in [1.165, 1.54) is 11.6 Å². The molecule has 9 heteroatoms. The van der Waals surface area contributed by atoms with Gasteiger partial charge in [0, 0.05) is 50.6 Å². The highest BCUT2D eigenvalue weighted by Gasteiger charge is 2.18. The van der Waals surface area contributed by atoms with Crippen LogP contribution in [0.4, 0.5) is 11.5 Å². The summed E-state index contributed by atoms with van der Waals surface area (Å²) in [6, 6.07) is 10.1. The molecule has 0 radical (unpaired) electrons. The van der Waals surface area contributed by atoms with Crippen molar-refractivity contribution in [2.24, 2.45) is 17.3 Å². The highest BCUT2D eigenvalue weighted by atomic mass is 32.1. The third kappa shape index (κ3) is 3.31. The maximum atomic E-state index is 11.8. The van der Waals surface area contributed by atoms with E-state index in [4.69, 9.17) is 0 Å². The minimum Gasteiger partial charge on any atom is -0.493 e. The second-order valence-corrected chi connectivity index (χ2v) is 8.21. The van der Waals surface area contributed by atoms with Crippen molar-refractivity contribution in [3.05, 3.63) is 56.6 Å². The van der Waals surface area contributed by atoms with E-state index in [1.807, 2.05) is 24.4 Å². The molecule has 3 aromatic rings. The number of anilines is 1. The van der Waals surface area contributed by atoms with Crippen LogP contribution in [-0.4, -0.2) is 40.8 Å². The Morgan fingerprint density at radius 2 is 1.93 bits per heavy atom. The van der Waals surface area contributed by atoms with Gasteiger partial charge in [-0.15, -0.1) is 10.2 Å². The van der Waals surface area contributed by atoms with Gasteiger partial charge >= 0.3 is 4.87 Å². The fourth-order valence-corrected chi connectivity index (χ4v) is 4.40. The molecule has 0 aliphatic carbocycles. The lowest BCUT2D eigenvalue weighted by Gasteiger charge is -2.28. The summed E-state index contributed by atoms with van der Waals surface area (Å²) in [5, 5.41) is 21.9. The van der Waals surface area contributed by atoms with Crippen LogP contribution < -0.4 is 15.1 Å². The van der Waals surface area contributed by atoms with Gasteiger partial charge in [-0.1, -0.05) is 17.4 Å². The fourth-order valence-electron chi connectivity index (χ4n) is 3.59. The third-order valence-corrected chi connectivity index (χ3v) is 6.31. The van der Waals surface area contributed by atoms with Crippen molar-refractivity contribution in [1.82, 2.24) is 14.9 Å². The number of aromatic nitrogens is 2. The Kier molecular flexibility index (Phi) is 4.68. The molecule has 1 saturated heterocycles. The van der Waals surface area contributed by atoms with Crippen molar-refractivity contribution < 1.29 is 5.11 Å². The lowest BCUT2D eigenvalue weighted by atomic mass is 10.0. The predicted octanol–water partition coefficient (Wildman–Crippen LogP) is 3.22. The zero-order chi connectivity index (χ0) is 20.7. The molecule has 1 aromatic carbocycles. The Balaban J connectivity index is 1.45. The smallest absolute Gasteiger partial charge is 0.310 e. The van der Waals surface area contributed by atoms with E-state index < -0.39 is 0 Å². The molecule has 8 nitrogen and oxygen atoms in total. The van der Waals surface area contributed by atoms with Gasteiger partial charge in [-0.25, -0.2) is 4.98 Å². The first kappa shape index (κ1) is 18.7. The van der Waals surface area contributed by atoms with Crippen molar-refractivity contribution in [3.8, 4) is 17.0 Å². The van der Waals surface area contributed by atoms with E-state index >= 15 is 0 Å². The molecular weight excluding hydrogens is 400 g/mol. The first-order valence-corrected chi connectivity index (χ1v) is 10.5. The van der Waals surface area contributed by atoms with Crippen LogP contribution in [0.15, 0.2) is 51.6 Å². The zero-order valence-corrected chi connectivity index (χ0v) is 17.2. The summed E-state index contributed by atoms with van der Waals surface area (Å²) in [6.45, 7) is 3.87. The molecule has 2 aliphatic heterocycles. The normalized spacial score (nSPS) is 17.0. The lowest BCUT2D eigenvalue weighted by Crippen LogP contribution is -2.43. The molecule has 2 aliphatic rings. The van der Waals surface area contributed by atoms with Gasteiger partial charge in [0.15, 0.2) is 0 Å². The molecular formula is C21H20N6O2S. The number of fused-ring (bicyclic) bond motifs is 1. The van der Waals surface area contributed by atoms with E-state index in [-0.39, 0.29) is 10.8 Å². The van der Waals surface area contributed by atoms with E-state index in [9.17, 15) is 9.90 Å². The summed E-state index contributed by atoms with van der Waals surface area (Å²) in [6.07, 6.45) is 3.59. The Morgan fingerprint density at radius 1 is 1.13 bits per heavy atom. The molecule has 0 unspecified atom stereocenters. The quantitative estimate of drug-likeness (QED) is 0.678. The average molecular weight is 420 g/mol. The average Bonchev–Trinajstić information content (AvgIpc) is 3.30. The maximum absolute atomic E-state index is 11.8. The first-order chi connectivity index (χ1) is 14.6. The number of benzene rings is 1. The van der Waals surface area contributed by atoms with Crippen LogP contribution in [0.3, 0.4) is 0 Å². The minimum atomic E-state index is -0.223. The summed E-state index contributed by atoms with van der Waals surface area (Å²) in [7, 11) is 1.54. The number of thiazole rings is 1. The predicted molar refractivity (Wildman–Crippen MR) is 118 cm³/mol. The second-order valence-electron chi connectivity index (χ2n) is 7.22. The molecule has 0 bridgehead atoms. The van der Waals surface area contributed by atoms with Crippen molar-refractivity contribution in [2.75, 3.05) is 31.1 Å². The zero-order valence-electron chi connectivity index (χ0n) is 16.4. The molecule has 2 aromatic heterocycles. The summed E-state index contributed by atoms with van der Waals surface area (Å²) < 4.78 is 1.21. The monoisotopic (exact) mass is 420 g/mol. The highest BCUT2D eigenvalue weighted by Crippen LogP contribution is 2.39. The standard InChI is InChI=1S/C21H20N6O2S/c1-26-20(28)18(30-21(26)29)11-17-15-10-13(2-4-16(15)24-25-17)14-3-5-19(23-12-14)27-8-6-22-7-9-27/h2-5,10-12,22,28H,6-9H2,1H3/b17-11-. The van der Waals surface area contributed by atoms with E-state index in [0.29, 0.717) is 10.6 Å². The van der Waals surface area contributed by atoms with Gasteiger partial charge in [0.05, 0.1) is 16.3 Å². The van der Waals surface area contributed by atoms with Gasteiger partial charge in [0.1, 0.15) is 5.82 Å². The summed E-state index contributed by atoms with van der Waals surface area (Å²) in [5.74, 6) is 0.923. The largest absolute Gasteiger partial charge is 0.493 e. The number of nitrogens with zero attached hydrogens (tertiary/aromatic N) is 5. The summed E-state index contributed by atoms with van der Waals surface area (Å²) in [4.78, 5) is 19.0.